The highest BCUT2D eigenvalue weighted by Crippen LogP contribution is 2.25. The number of piperidine rings is 1. The molecule has 0 unspecified atom stereocenters. The van der Waals surface area contributed by atoms with Crippen LogP contribution >= 0.6 is 0 Å². The van der Waals surface area contributed by atoms with Crippen molar-refractivity contribution in [2.24, 2.45) is 5.73 Å². The molecule has 0 bridgehead atoms. The summed E-state index contributed by atoms with van der Waals surface area (Å²) in [4.78, 5) is 13.6. The Labute approximate surface area is 98.6 Å². The van der Waals surface area contributed by atoms with Crippen molar-refractivity contribution in [3.63, 3.8) is 0 Å². The van der Waals surface area contributed by atoms with Crippen molar-refractivity contribution in [3.05, 3.63) is 0 Å². The summed E-state index contributed by atoms with van der Waals surface area (Å²) in [7, 11) is 0. The smallest absolute Gasteiger partial charge is 0.219 e. The molecule has 0 spiro atoms. The molecule has 1 aliphatic rings. The standard InChI is InChI=1S/C12H25N3O/c1-3-7-15-8-5-12(6-9-15,14-4-2)10-11(13)16/h14H,3-10H2,1-2H3,(H2,13,16). The van der Waals surface area contributed by atoms with Gasteiger partial charge < -0.3 is 16.0 Å². The molecule has 3 N–H and O–H groups in total. The molecule has 1 heterocycles. The van der Waals surface area contributed by atoms with Gasteiger partial charge in [0.1, 0.15) is 0 Å². The van der Waals surface area contributed by atoms with Crippen LogP contribution in [0.2, 0.25) is 0 Å². The van der Waals surface area contributed by atoms with E-state index in [1.54, 1.807) is 0 Å². The molecule has 0 saturated carbocycles. The second-order valence-corrected chi connectivity index (χ2v) is 4.80. The van der Waals surface area contributed by atoms with Crippen LogP contribution in [0.1, 0.15) is 39.5 Å². The quantitative estimate of drug-likeness (QED) is 0.703. The molecule has 0 radical (unpaired) electrons. The number of amides is 1. The van der Waals surface area contributed by atoms with E-state index >= 15 is 0 Å². The summed E-state index contributed by atoms with van der Waals surface area (Å²) in [5, 5.41) is 3.46. The predicted octanol–water partition coefficient (Wildman–Crippen LogP) is 0.716. The molecule has 1 aliphatic heterocycles. The van der Waals surface area contributed by atoms with Gasteiger partial charge in [0.15, 0.2) is 0 Å². The summed E-state index contributed by atoms with van der Waals surface area (Å²) in [6, 6.07) is 0. The predicted molar refractivity (Wildman–Crippen MR) is 66.2 cm³/mol. The number of primary amides is 1. The minimum absolute atomic E-state index is 0.0369. The monoisotopic (exact) mass is 227 g/mol. The van der Waals surface area contributed by atoms with Gasteiger partial charge in [0.2, 0.25) is 5.91 Å². The van der Waals surface area contributed by atoms with Crippen molar-refractivity contribution in [3.8, 4) is 0 Å². The molecule has 0 aromatic rings. The van der Waals surface area contributed by atoms with E-state index in [0.717, 1.165) is 32.5 Å². The summed E-state index contributed by atoms with van der Waals surface area (Å²) in [5.41, 5.74) is 5.30. The van der Waals surface area contributed by atoms with E-state index in [1.807, 2.05) is 0 Å². The van der Waals surface area contributed by atoms with Crippen LogP contribution in [-0.4, -0.2) is 42.5 Å². The molecule has 0 aromatic carbocycles. The van der Waals surface area contributed by atoms with E-state index in [-0.39, 0.29) is 11.4 Å². The number of nitrogens with zero attached hydrogens (tertiary/aromatic N) is 1. The number of hydrogen-bond donors (Lipinski definition) is 2. The van der Waals surface area contributed by atoms with E-state index in [9.17, 15) is 4.79 Å². The first-order chi connectivity index (χ1) is 7.62. The van der Waals surface area contributed by atoms with Gasteiger partial charge in [-0.2, -0.15) is 0 Å². The van der Waals surface area contributed by atoms with Gasteiger partial charge in [0, 0.05) is 12.0 Å². The van der Waals surface area contributed by atoms with Crippen LogP contribution in [-0.2, 0) is 4.79 Å². The van der Waals surface area contributed by atoms with Crippen LogP contribution in [0.5, 0.6) is 0 Å². The molecule has 94 valence electrons. The number of rotatable bonds is 6. The second kappa shape index (κ2) is 6.21. The summed E-state index contributed by atoms with van der Waals surface area (Å²) >= 11 is 0. The number of nitrogens with one attached hydrogen (secondary N) is 1. The maximum atomic E-state index is 11.1. The molecule has 1 fully saturated rings. The number of carbonyl (C=O) groups is 1. The van der Waals surface area contributed by atoms with Gasteiger partial charge in [0.25, 0.3) is 0 Å². The molecule has 0 aliphatic carbocycles. The fourth-order valence-corrected chi connectivity index (χ4v) is 2.65. The maximum Gasteiger partial charge on any atom is 0.219 e. The largest absolute Gasteiger partial charge is 0.370 e. The highest BCUT2D eigenvalue weighted by atomic mass is 16.1. The average Bonchev–Trinajstić information content (AvgIpc) is 2.21. The van der Waals surface area contributed by atoms with Gasteiger partial charge in [-0.05, 0) is 45.4 Å². The average molecular weight is 227 g/mol. The lowest BCUT2D eigenvalue weighted by Crippen LogP contribution is -2.55. The Morgan fingerprint density at radius 2 is 2.00 bits per heavy atom. The van der Waals surface area contributed by atoms with Crippen molar-refractivity contribution in [2.75, 3.05) is 26.2 Å². The first-order valence-electron chi connectivity index (χ1n) is 6.37. The molecule has 1 amide bonds. The number of nitrogens with two attached hydrogens (primary N) is 1. The minimum atomic E-state index is -0.190. The third-order valence-corrected chi connectivity index (χ3v) is 3.42. The van der Waals surface area contributed by atoms with Crippen molar-refractivity contribution < 1.29 is 4.79 Å². The summed E-state index contributed by atoms with van der Waals surface area (Å²) in [6.07, 6.45) is 3.73. The molecule has 0 atom stereocenters. The van der Waals surface area contributed by atoms with Gasteiger partial charge in [-0.3, -0.25) is 4.79 Å². The van der Waals surface area contributed by atoms with E-state index in [4.69, 9.17) is 5.73 Å². The third kappa shape index (κ3) is 3.76. The van der Waals surface area contributed by atoms with Gasteiger partial charge in [-0.25, -0.2) is 0 Å². The fraction of sp³-hybridized carbons (Fsp3) is 0.917. The summed E-state index contributed by atoms with van der Waals surface area (Å²) in [6.45, 7) is 8.51. The highest BCUT2D eigenvalue weighted by molar-refractivity contribution is 5.75. The van der Waals surface area contributed by atoms with Gasteiger partial charge in [-0.15, -0.1) is 0 Å². The van der Waals surface area contributed by atoms with Crippen LogP contribution in [0.15, 0.2) is 0 Å². The van der Waals surface area contributed by atoms with Gasteiger partial charge in [0.05, 0.1) is 0 Å². The molecule has 0 aromatic heterocycles. The highest BCUT2D eigenvalue weighted by Gasteiger charge is 2.34. The Morgan fingerprint density at radius 1 is 1.38 bits per heavy atom. The lowest BCUT2D eigenvalue weighted by Gasteiger charge is -2.42. The molecule has 4 heteroatoms. The van der Waals surface area contributed by atoms with Crippen molar-refractivity contribution in [2.45, 2.75) is 45.1 Å². The Balaban J connectivity index is 2.51. The molecular weight excluding hydrogens is 202 g/mol. The fourth-order valence-electron chi connectivity index (χ4n) is 2.65. The zero-order valence-electron chi connectivity index (χ0n) is 10.6. The molecule has 16 heavy (non-hydrogen) atoms. The zero-order valence-corrected chi connectivity index (χ0v) is 10.6. The van der Waals surface area contributed by atoms with Crippen LogP contribution in [0.3, 0.4) is 0 Å². The summed E-state index contributed by atoms with van der Waals surface area (Å²) < 4.78 is 0. The van der Waals surface area contributed by atoms with Crippen LogP contribution < -0.4 is 11.1 Å². The van der Waals surface area contributed by atoms with Crippen LogP contribution in [0.25, 0.3) is 0 Å². The van der Waals surface area contributed by atoms with Crippen molar-refractivity contribution >= 4 is 5.91 Å². The minimum Gasteiger partial charge on any atom is -0.370 e. The molecule has 1 rings (SSSR count). The van der Waals surface area contributed by atoms with Crippen molar-refractivity contribution in [1.82, 2.24) is 10.2 Å². The Kier molecular flexibility index (Phi) is 5.22. The molecule has 4 nitrogen and oxygen atoms in total. The van der Waals surface area contributed by atoms with Gasteiger partial charge in [-0.1, -0.05) is 13.8 Å². The SMILES string of the molecule is CCCN1CCC(CC(N)=O)(NCC)CC1. The lowest BCUT2D eigenvalue weighted by molar-refractivity contribution is -0.120. The first-order valence-corrected chi connectivity index (χ1v) is 6.37. The zero-order chi connectivity index (χ0) is 12.0. The molecular formula is C12H25N3O. The van der Waals surface area contributed by atoms with Crippen LogP contribution in [0, 0.1) is 0 Å². The third-order valence-electron chi connectivity index (χ3n) is 3.42. The molecule has 1 saturated heterocycles. The second-order valence-electron chi connectivity index (χ2n) is 4.80. The Bertz CT molecular complexity index is 222. The first kappa shape index (κ1) is 13.5. The lowest BCUT2D eigenvalue weighted by atomic mass is 9.84. The summed E-state index contributed by atoms with van der Waals surface area (Å²) in [5.74, 6) is -0.190. The van der Waals surface area contributed by atoms with E-state index in [1.165, 1.54) is 13.0 Å². The van der Waals surface area contributed by atoms with Crippen molar-refractivity contribution in [1.29, 1.82) is 0 Å². The maximum absolute atomic E-state index is 11.1. The number of likely N-dealkylation sites (tertiary alicyclic amines) is 1. The Hall–Kier alpha value is -0.610. The van der Waals surface area contributed by atoms with E-state index in [0.29, 0.717) is 6.42 Å². The van der Waals surface area contributed by atoms with Gasteiger partial charge >= 0.3 is 0 Å². The van der Waals surface area contributed by atoms with Crippen LogP contribution in [0.4, 0.5) is 0 Å². The normalized spacial score (nSPS) is 20.9. The number of carbonyl (C=O) groups excluding carboxylic acids is 1. The number of hydrogen-bond acceptors (Lipinski definition) is 3. The van der Waals surface area contributed by atoms with E-state index in [2.05, 4.69) is 24.1 Å². The van der Waals surface area contributed by atoms with E-state index < -0.39 is 0 Å². The Morgan fingerprint density at radius 3 is 2.44 bits per heavy atom. The topological polar surface area (TPSA) is 58.4 Å².